The minimum Gasteiger partial charge on any atom is -0.376 e. The molecule has 0 unspecified atom stereocenters. The first kappa shape index (κ1) is 20.4. The van der Waals surface area contributed by atoms with Gasteiger partial charge in [0.2, 0.25) is 0 Å². The topological polar surface area (TPSA) is 9.23 Å². The van der Waals surface area contributed by atoms with Crippen LogP contribution in [0.25, 0.3) is 11.1 Å². The number of rotatable bonds is 7. The van der Waals surface area contributed by atoms with Crippen LogP contribution < -0.4 is 0 Å². The number of hydrogen-bond acceptors (Lipinski definition) is 1. The van der Waals surface area contributed by atoms with E-state index in [1.807, 2.05) is 6.92 Å². The van der Waals surface area contributed by atoms with Gasteiger partial charge in [-0.1, -0.05) is 60.7 Å². The van der Waals surface area contributed by atoms with Gasteiger partial charge in [0.1, 0.15) is 0 Å². The van der Waals surface area contributed by atoms with Crippen molar-refractivity contribution in [2.75, 3.05) is 6.61 Å². The van der Waals surface area contributed by atoms with Crippen LogP contribution in [0.2, 0.25) is 0 Å². The number of benzene rings is 2. The van der Waals surface area contributed by atoms with Crippen LogP contribution in [-0.4, -0.2) is 6.61 Å². The molecule has 2 aromatic carbocycles. The van der Waals surface area contributed by atoms with Gasteiger partial charge in [0, 0.05) is 6.42 Å². The Kier molecular flexibility index (Phi) is 7.94. The Morgan fingerprint density at radius 3 is 2.18 bits per heavy atom. The van der Waals surface area contributed by atoms with Crippen molar-refractivity contribution in [3.63, 3.8) is 0 Å². The van der Waals surface area contributed by atoms with E-state index in [1.165, 1.54) is 47.9 Å². The molecule has 0 amide bonds. The monoisotopic (exact) mass is 372 g/mol. The van der Waals surface area contributed by atoms with Gasteiger partial charge in [-0.3, -0.25) is 0 Å². The van der Waals surface area contributed by atoms with Gasteiger partial charge in [0.25, 0.3) is 0 Å². The molecule has 146 valence electrons. The van der Waals surface area contributed by atoms with Crippen molar-refractivity contribution in [2.45, 2.75) is 58.5 Å². The molecule has 3 rings (SSSR count). The first-order chi connectivity index (χ1) is 13.8. The highest BCUT2D eigenvalue weighted by atomic mass is 16.5. The lowest BCUT2D eigenvalue weighted by molar-refractivity contribution is 0.126. The average molecular weight is 373 g/mol. The standard InChI is InChI=1S/C27H32O/c1-3-5-6-20-28-21-23-10-14-25(15-11-23)27-18-16-26(17-19-27)24-12-8-22(7-4-2)9-13-24/h4,7,10-11,14-19,22,24H,6,8-9,12-13,20-21H2,1-2H3/b7-4-. The zero-order valence-electron chi connectivity index (χ0n) is 17.3. The third-order valence-corrected chi connectivity index (χ3v) is 5.72. The van der Waals surface area contributed by atoms with Crippen molar-refractivity contribution in [1.82, 2.24) is 0 Å². The number of allylic oxidation sites excluding steroid dienone is 2. The van der Waals surface area contributed by atoms with Crippen molar-refractivity contribution in [3.05, 3.63) is 71.8 Å². The fraction of sp³-hybridized carbons (Fsp3) is 0.407. The summed E-state index contributed by atoms with van der Waals surface area (Å²) in [6.07, 6.45) is 10.7. The molecule has 0 spiro atoms. The molecule has 0 bridgehead atoms. The van der Waals surface area contributed by atoms with E-state index in [4.69, 9.17) is 4.74 Å². The Hall–Kier alpha value is -2.30. The predicted molar refractivity (Wildman–Crippen MR) is 119 cm³/mol. The summed E-state index contributed by atoms with van der Waals surface area (Å²) in [4.78, 5) is 0. The van der Waals surface area contributed by atoms with Crippen molar-refractivity contribution in [3.8, 4) is 23.0 Å². The van der Waals surface area contributed by atoms with E-state index in [1.54, 1.807) is 0 Å². The molecule has 0 N–H and O–H groups in total. The Morgan fingerprint density at radius 1 is 0.929 bits per heavy atom. The molecule has 0 radical (unpaired) electrons. The Labute approximate surface area is 170 Å². The second-order valence-electron chi connectivity index (χ2n) is 7.69. The molecule has 0 aliphatic heterocycles. The molecule has 1 nitrogen and oxygen atoms in total. The second kappa shape index (κ2) is 10.9. The van der Waals surface area contributed by atoms with Crippen LogP contribution >= 0.6 is 0 Å². The lowest BCUT2D eigenvalue weighted by Crippen LogP contribution is -2.11. The fourth-order valence-electron chi connectivity index (χ4n) is 4.10. The quantitative estimate of drug-likeness (QED) is 0.285. The normalized spacial score (nSPS) is 19.4. The highest BCUT2D eigenvalue weighted by Crippen LogP contribution is 2.36. The predicted octanol–water partition coefficient (Wildman–Crippen LogP) is 7.13. The van der Waals surface area contributed by atoms with Crippen molar-refractivity contribution in [1.29, 1.82) is 0 Å². The highest BCUT2D eigenvalue weighted by molar-refractivity contribution is 5.64. The lowest BCUT2D eigenvalue weighted by atomic mass is 9.78. The maximum Gasteiger partial charge on any atom is 0.0717 e. The molecule has 0 aromatic heterocycles. The summed E-state index contributed by atoms with van der Waals surface area (Å²) in [5.41, 5.74) is 5.27. The molecule has 1 aliphatic carbocycles. The summed E-state index contributed by atoms with van der Waals surface area (Å²) < 4.78 is 5.67. The molecule has 28 heavy (non-hydrogen) atoms. The highest BCUT2D eigenvalue weighted by Gasteiger charge is 2.20. The Balaban J connectivity index is 1.54. The van der Waals surface area contributed by atoms with Crippen LogP contribution in [-0.2, 0) is 11.3 Å². The smallest absolute Gasteiger partial charge is 0.0717 e. The van der Waals surface area contributed by atoms with Crippen LogP contribution in [0.1, 0.15) is 63.0 Å². The van der Waals surface area contributed by atoms with Crippen LogP contribution in [0.3, 0.4) is 0 Å². The van der Waals surface area contributed by atoms with Crippen molar-refractivity contribution < 1.29 is 4.74 Å². The molecule has 1 saturated carbocycles. The van der Waals surface area contributed by atoms with E-state index in [2.05, 4.69) is 79.4 Å². The third kappa shape index (κ3) is 5.85. The van der Waals surface area contributed by atoms with Crippen LogP contribution in [0, 0.1) is 17.8 Å². The van der Waals surface area contributed by atoms with Crippen molar-refractivity contribution in [2.24, 2.45) is 5.92 Å². The minimum absolute atomic E-state index is 0.653. The van der Waals surface area contributed by atoms with Crippen LogP contribution in [0.15, 0.2) is 60.7 Å². The maximum atomic E-state index is 5.67. The molecule has 0 heterocycles. The minimum atomic E-state index is 0.653. The van der Waals surface area contributed by atoms with Gasteiger partial charge < -0.3 is 4.74 Å². The molecule has 1 heteroatoms. The first-order valence-electron chi connectivity index (χ1n) is 10.6. The van der Waals surface area contributed by atoms with Crippen LogP contribution in [0.4, 0.5) is 0 Å². The van der Waals surface area contributed by atoms with Gasteiger partial charge in [-0.05, 0) is 73.6 Å². The van der Waals surface area contributed by atoms with Gasteiger partial charge in [0.15, 0.2) is 0 Å². The SMILES string of the molecule is CC#CCCOCc1ccc(-c2ccc(C3CCC(/C=C\C)CC3)cc2)cc1. The fourth-order valence-corrected chi connectivity index (χ4v) is 4.10. The van der Waals surface area contributed by atoms with E-state index in [0.29, 0.717) is 13.2 Å². The molecule has 1 aliphatic rings. The van der Waals surface area contributed by atoms with Gasteiger partial charge in [-0.15, -0.1) is 11.8 Å². The lowest BCUT2D eigenvalue weighted by Gasteiger charge is -2.27. The summed E-state index contributed by atoms with van der Waals surface area (Å²) in [7, 11) is 0. The molecule has 0 saturated heterocycles. The summed E-state index contributed by atoms with van der Waals surface area (Å²) in [6, 6.07) is 18.0. The van der Waals surface area contributed by atoms with Gasteiger partial charge >= 0.3 is 0 Å². The summed E-state index contributed by atoms with van der Waals surface area (Å²) in [5, 5.41) is 0. The van der Waals surface area contributed by atoms with E-state index in [-0.39, 0.29) is 0 Å². The summed E-state index contributed by atoms with van der Waals surface area (Å²) in [6.45, 7) is 5.34. The zero-order valence-corrected chi connectivity index (χ0v) is 17.3. The largest absolute Gasteiger partial charge is 0.376 e. The second-order valence-corrected chi connectivity index (χ2v) is 7.69. The molecular formula is C27H32O. The van der Waals surface area contributed by atoms with Gasteiger partial charge in [0.05, 0.1) is 13.2 Å². The Bertz CT molecular complexity index is 794. The van der Waals surface area contributed by atoms with E-state index in [9.17, 15) is 0 Å². The zero-order chi connectivity index (χ0) is 19.6. The van der Waals surface area contributed by atoms with Gasteiger partial charge in [-0.25, -0.2) is 0 Å². The third-order valence-electron chi connectivity index (χ3n) is 5.72. The van der Waals surface area contributed by atoms with Crippen LogP contribution in [0.5, 0.6) is 0 Å². The van der Waals surface area contributed by atoms with Gasteiger partial charge in [-0.2, -0.15) is 0 Å². The van der Waals surface area contributed by atoms with E-state index >= 15 is 0 Å². The summed E-state index contributed by atoms with van der Waals surface area (Å²) >= 11 is 0. The maximum absolute atomic E-state index is 5.67. The number of hydrogen-bond donors (Lipinski definition) is 0. The molecular weight excluding hydrogens is 340 g/mol. The Morgan fingerprint density at radius 2 is 1.57 bits per heavy atom. The average Bonchev–Trinajstić information content (AvgIpc) is 2.75. The first-order valence-corrected chi connectivity index (χ1v) is 10.6. The molecule has 2 aromatic rings. The van der Waals surface area contributed by atoms with Crippen molar-refractivity contribution >= 4 is 0 Å². The number of ether oxygens (including phenoxy) is 1. The molecule has 0 atom stereocenters. The molecule has 1 fully saturated rings. The van der Waals surface area contributed by atoms with E-state index in [0.717, 1.165) is 18.3 Å². The van der Waals surface area contributed by atoms with E-state index < -0.39 is 0 Å². The summed E-state index contributed by atoms with van der Waals surface area (Å²) in [5.74, 6) is 7.44.